The van der Waals surface area contributed by atoms with Crippen LogP contribution in [0.3, 0.4) is 0 Å². The SMILES string of the molecule is COc1ccc(CNc2cc(F)c(F)cc2F)cc1O. The summed E-state index contributed by atoms with van der Waals surface area (Å²) >= 11 is 0. The number of ether oxygens (including phenoxy) is 1. The van der Waals surface area contributed by atoms with Crippen molar-refractivity contribution in [3.63, 3.8) is 0 Å². The fraction of sp³-hybridized carbons (Fsp3) is 0.143. The number of hydrogen-bond acceptors (Lipinski definition) is 3. The van der Waals surface area contributed by atoms with Crippen LogP contribution in [0.1, 0.15) is 5.56 Å². The smallest absolute Gasteiger partial charge is 0.161 e. The second-order valence-corrected chi connectivity index (χ2v) is 4.11. The van der Waals surface area contributed by atoms with Crippen molar-refractivity contribution in [3.8, 4) is 11.5 Å². The standard InChI is InChI=1S/C14H12F3NO2/c1-20-14-3-2-8(4-13(14)19)7-18-12-6-10(16)9(15)5-11(12)17/h2-6,18-19H,7H2,1H3. The van der Waals surface area contributed by atoms with Crippen LogP contribution < -0.4 is 10.1 Å². The third-order valence-electron chi connectivity index (χ3n) is 2.74. The van der Waals surface area contributed by atoms with Gasteiger partial charge in [-0.05, 0) is 17.7 Å². The second kappa shape index (κ2) is 5.73. The highest BCUT2D eigenvalue weighted by atomic mass is 19.2. The highest BCUT2D eigenvalue weighted by Gasteiger charge is 2.10. The van der Waals surface area contributed by atoms with E-state index in [1.807, 2.05) is 0 Å². The molecule has 0 aromatic heterocycles. The van der Waals surface area contributed by atoms with E-state index in [1.54, 1.807) is 12.1 Å². The first kappa shape index (κ1) is 14.0. The Morgan fingerprint density at radius 1 is 1.05 bits per heavy atom. The van der Waals surface area contributed by atoms with Crippen LogP contribution in [-0.2, 0) is 6.54 Å². The van der Waals surface area contributed by atoms with Crippen LogP contribution in [0.4, 0.5) is 18.9 Å². The average Bonchev–Trinajstić information content (AvgIpc) is 2.41. The van der Waals surface area contributed by atoms with Crippen LogP contribution in [0.2, 0.25) is 0 Å². The summed E-state index contributed by atoms with van der Waals surface area (Å²) in [6, 6.07) is 5.86. The molecule has 0 saturated heterocycles. The summed E-state index contributed by atoms with van der Waals surface area (Å²) in [7, 11) is 1.42. The van der Waals surface area contributed by atoms with Gasteiger partial charge < -0.3 is 15.2 Å². The van der Waals surface area contributed by atoms with Gasteiger partial charge in [-0.2, -0.15) is 0 Å². The molecule has 106 valence electrons. The lowest BCUT2D eigenvalue weighted by Crippen LogP contribution is -2.03. The normalized spacial score (nSPS) is 10.4. The van der Waals surface area contributed by atoms with Crippen molar-refractivity contribution in [3.05, 3.63) is 53.3 Å². The van der Waals surface area contributed by atoms with Crippen molar-refractivity contribution in [2.24, 2.45) is 0 Å². The Balaban J connectivity index is 2.13. The maximum atomic E-state index is 13.4. The van der Waals surface area contributed by atoms with E-state index in [9.17, 15) is 18.3 Å². The number of halogens is 3. The van der Waals surface area contributed by atoms with Crippen molar-refractivity contribution in [2.45, 2.75) is 6.54 Å². The molecule has 2 aromatic carbocycles. The molecule has 0 amide bonds. The molecule has 2 rings (SSSR count). The molecule has 0 fully saturated rings. The zero-order valence-corrected chi connectivity index (χ0v) is 10.6. The molecule has 6 heteroatoms. The van der Waals surface area contributed by atoms with E-state index in [1.165, 1.54) is 13.2 Å². The molecule has 0 atom stereocenters. The first-order valence-corrected chi connectivity index (χ1v) is 5.75. The van der Waals surface area contributed by atoms with Crippen molar-refractivity contribution in [1.29, 1.82) is 0 Å². The summed E-state index contributed by atoms with van der Waals surface area (Å²) in [5.74, 6) is -3.01. The number of nitrogens with one attached hydrogen (secondary N) is 1. The lowest BCUT2D eigenvalue weighted by Gasteiger charge is -2.10. The Hall–Kier alpha value is -2.37. The molecule has 2 aromatic rings. The van der Waals surface area contributed by atoms with Gasteiger partial charge in [0.05, 0.1) is 12.8 Å². The highest BCUT2D eigenvalue weighted by molar-refractivity contribution is 5.47. The van der Waals surface area contributed by atoms with Crippen LogP contribution in [-0.4, -0.2) is 12.2 Å². The van der Waals surface area contributed by atoms with Crippen LogP contribution in [0, 0.1) is 17.5 Å². The van der Waals surface area contributed by atoms with Gasteiger partial charge in [-0.25, -0.2) is 13.2 Å². The Morgan fingerprint density at radius 3 is 2.40 bits per heavy atom. The predicted molar refractivity (Wildman–Crippen MR) is 68.3 cm³/mol. The Morgan fingerprint density at radius 2 is 1.75 bits per heavy atom. The number of benzene rings is 2. The quantitative estimate of drug-likeness (QED) is 0.845. The highest BCUT2D eigenvalue weighted by Crippen LogP contribution is 2.27. The number of phenolic OH excluding ortho intramolecular Hbond substituents is 1. The van der Waals surface area contributed by atoms with Crippen LogP contribution in [0.15, 0.2) is 30.3 Å². The second-order valence-electron chi connectivity index (χ2n) is 4.11. The number of methoxy groups -OCH3 is 1. The van der Waals surface area contributed by atoms with Gasteiger partial charge in [0, 0.05) is 18.7 Å². The van der Waals surface area contributed by atoms with E-state index >= 15 is 0 Å². The predicted octanol–water partition coefficient (Wildman–Crippen LogP) is 3.43. The summed E-state index contributed by atoms with van der Waals surface area (Å²) in [6.45, 7) is 0.138. The fourth-order valence-electron chi connectivity index (χ4n) is 1.70. The minimum atomic E-state index is -1.24. The lowest BCUT2D eigenvalue weighted by molar-refractivity contribution is 0.373. The van der Waals surface area contributed by atoms with Gasteiger partial charge in [0.2, 0.25) is 0 Å². The molecular formula is C14H12F3NO2. The molecule has 0 aliphatic rings. The van der Waals surface area contributed by atoms with E-state index in [0.29, 0.717) is 17.4 Å². The number of aromatic hydroxyl groups is 1. The van der Waals surface area contributed by atoms with Crippen molar-refractivity contribution < 1.29 is 23.0 Å². The maximum Gasteiger partial charge on any atom is 0.161 e. The number of rotatable bonds is 4. The lowest BCUT2D eigenvalue weighted by atomic mass is 10.2. The molecule has 0 radical (unpaired) electrons. The molecule has 0 aliphatic carbocycles. The first-order valence-electron chi connectivity index (χ1n) is 5.75. The van der Waals surface area contributed by atoms with E-state index < -0.39 is 17.5 Å². The van der Waals surface area contributed by atoms with E-state index in [4.69, 9.17) is 4.74 Å². The van der Waals surface area contributed by atoms with Crippen LogP contribution in [0.25, 0.3) is 0 Å². The molecule has 20 heavy (non-hydrogen) atoms. The van der Waals surface area contributed by atoms with Crippen molar-refractivity contribution in [1.82, 2.24) is 0 Å². The minimum absolute atomic E-state index is 0.0578. The molecule has 0 bridgehead atoms. The van der Waals surface area contributed by atoms with E-state index in [0.717, 1.165) is 6.07 Å². The van der Waals surface area contributed by atoms with E-state index in [-0.39, 0.29) is 18.0 Å². The first-order chi connectivity index (χ1) is 9.51. The summed E-state index contributed by atoms with van der Waals surface area (Å²) in [6.07, 6.45) is 0. The Labute approximate surface area is 113 Å². The third-order valence-corrected chi connectivity index (χ3v) is 2.74. The zero-order valence-electron chi connectivity index (χ0n) is 10.6. The fourth-order valence-corrected chi connectivity index (χ4v) is 1.70. The third kappa shape index (κ3) is 2.96. The number of hydrogen-bond donors (Lipinski definition) is 2. The molecule has 2 N–H and O–H groups in total. The minimum Gasteiger partial charge on any atom is -0.504 e. The van der Waals surface area contributed by atoms with Gasteiger partial charge in [0.1, 0.15) is 5.82 Å². The Bertz CT molecular complexity index is 632. The van der Waals surface area contributed by atoms with Crippen LogP contribution >= 0.6 is 0 Å². The summed E-state index contributed by atoms with van der Waals surface area (Å²) in [4.78, 5) is 0. The topological polar surface area (TPSA) is 41.5 Å². The molecule has 0 spiro atoms. The molecule has 0 saturated carbocycles. The summed E-state index contributed by atoms with van der Waals surface area (Å²) < 4.78 is 44.1. The van der Waals surface area contributed by atoms with Gasteiger partial charge in [0.15, 0.2) is 23.1 Å². The van der Waals surface area contributed by atoms with E-state index in [2.05, 4.69) is 5.32 Å². The zero-order chi connectivity index (χ0) is 14.7. The van der Waals surface area contributed by atoms with Crippen LogP contribution in [0.5, 0.6) is 11.5 Å². The molecule has 0 aliphatic heterocycles. The van der Waals surface area contributed by atoms with Gasteiger partial charge in [0.25, 0.3) is 0 Å². The monoisotopic (exact) mass is 283 g/mol. The number of phenols is 1. The van der Waals surface area contributed by atoms with Gasteiger partial charge in [-0.1, -0.05) is 6.07 Å². The molecule has 3 nitrogen and oxygen atoms in total. The van der Waals surface area contributed by atoms with Crippen molar-refractivity contribution >= 4 is 5.69 Å². The summed E-state index contributed by atoms with van der Waals surface area (Å²) in [5.41, 5.74) is 0.478. The molecule has 0 unspecified atom stereocenters. The largest absolute Gasteiger partial charge is 0.504 e. The maximum absolute atomic E-state index is 13.4. The van der Waals surface area contributed by atoms with Gasteiger partial charge in [-0.15, -0.1) is 0 Å². The van der Waals surface area contributed by atoms with Crippen molar-refractivity contribution in [2.75, 3.05) is 12.4 Å². The summed E-state index contributed by atoms with van der Waals surface area (Å²) in [5, 5.41) is 12.2. The number of anilines is 1. The Kier molecular flexibility index (Phi) is 4.02. The molecule has 0 heterocycles. The van der Waals surface area contributed by atoms with Gasteiger partial charge >= 0.3 is 0 Å². The average molecular weight is 283 g/mol. The molecular weight excluding hydrogens is 271 g/mol. The van der Waals surface area contributed by atoms with Gasteiger partial charge in [-0.3, -0.25) is 0 Å².